The molecule has 118 valence electrons. The third kappa shape index (κ3) is 3.71. The highest BCUT2D eigenvalue weighted by atomic mass is 35.5. The number of nitro benzene ring substituents is 1. The Hall–Kier alpha value is -2.34. The number of non-ortho nitro benzene ring substituents is 1. The van der Waals surface area contributed by atoms with E-state index < -0.39 is 15.0 Å². The second kappa shape index (κ2) is 6.42. The lowest BCUT2D eigenvalue weighted by Gasteiger charge is -2.09. The van der Waals surface area contributed by atoms with Crippen molar-refractivity contribution < 1.29 is 17.5 Å². The number of halogens is 2. The molecule has 0 heterocycles. The zero-order valence-electron chi connectivity index (χ0n) is 11.1. The smallest absolute Gasteiger partial charge is 0.339 e. The number of benzene rings is 2. The molecule has 0 unspecified atom stereocenters. The maximum absolute atomic E-state index is 12.2. The van der Waals surface area contributed by atoms with E-state index in [1.165, 1.54) is 6.07 Å². The minimum Gasteiger partial charge on any atom is -0.377 e. The maximum atomic E-state index is 12.2. The van der Waals surface area contributed by atoms with Crippen LogP contribution in [0.1, 0.15) is 5.56 Å². The van der Waals surface area contributed by atoms with Gasteiger partial charge in [0.25, 0.3) is 5.69 Å². The fourth-order valence-corrected chi connectivity index (χ4v) is 3.10. The number of hydrogen-bond acceptors (Lipinski definition) is 6. The summed E-state index contributed by atoms with van der Waals surface area (Å²) in [5.74, 6) is -0.266. The lowest BCUT2D eigenvalue weighted by Crippen LogP contribution is -2.10. The van der Waals surface area contributed by atoms with Crippen LogP contribution in [0.15, 0.2) is 41.3 Å². The molecule has 0 aliphatic rings. The van der Waals surface area contributed by atoms with Gasteiger partial charge in [-0.1, -0.05) is 23.2 Å². The molecule has 0 radical (unpaired) electrons. The largest absolute Gasteiger partial charge is 0.377 e. The summed E-state index contributed by atoms with van der Waals surface area (Å²) in [6, 6.07) is 8.35. The van der Waals surface area contributed by atoms with Gasteiger partial charge in [-0.25, -0.2) is 0 Å². The molecule has 0 saturated carbocycles. The molecule has 2 aromatic carbocycles. The highest BCUT2D eigenvalue weighted by molar-refractivity contribution is 7.87. The highest BCUT2D eigenvalue weighted by Gasteiger charge is 2.21. The van der Waals surface area contributed by atoms with Gasteiger partial charge in [-0.3, -0.25) is 10.1 Å². The molecule has 0 atom stereocenters. The van der Waals surface area contributed by atoms with Crippen LogP contribution in [0.2, 0.25) is 10.0 Å². The fourth-order valence-electron chi connectivity index (χ4n) is 1.58. The second-order valence-electron chi connectivity index (χ2n) is 4.16. The van der Waals surface area contributed by atoms with E-state index in [0.717, 1.165) is 30.3 Å². The molecule has 7 nitrogen and oxygen atoms in total. The Morgan fingerprint density at radius 1 is 1.13 bits per heavy atom. The summed E-state index contributed by atoms with van der Waals surface area (Å²) >= 11 is 11.6. The molecule has 2 rings (SSSR count). The zero-order valence-corrected chi connectivity index (χ0v) is 13.4. The Morgan fingerprint density at radius 3 is 2.35 bits per heavy atom. The van der Waals surface area contributed by atoms with Crippen molar-refractivity contribution in [3.8, 4) is 11.8 Å². The topological polar surface area (TPSA) is 110 Å². The van der Waals surface area contributed by atoms with Gasteiger partial charge in [-0.2, -0.15) is 13.7 Å². The quantitative estimate of drug-likeness (QED) is 0.461. The van der Waals surface area contributed by atoms with E-state index in [4.69, 9.17) is 32.6 Å². The summed E-state index contributed by atoms with van der Waals surface area (Å²) in [6.45, 7) is 0. The van der Waals surface area contributed by atoms with Crippen LogP contribution in [0.3, 0.4) is 0 Å². The van der Waals surface area contributed by atoms with Crippen LogP contribution in [0.5, 0.6) is 5.75 Å². The number of nitro groups is 1. The molecule has 0 N–H and O–H groups in total. The second-order valence-corrected chi connectivity index (χ2v) is 6.52. The Kier molecular flexibility index (Phi) is 4.75. The Bertz CT molecular complexity index is 938. The SMILES string of the molecule is N#Cc1ccc(S(=O)(=O)Oc2ccc([N+](=O)[O-])cc2Cl)cc1Cl. The van der Waals surface area contributed by atoms with Crippen molar-refractivity contribution in [2.75, 3.05) is 0 Å². The number of nitriles is 1. The van der Waals surface area contributed by atoms with Crippen LogP contribution < -0.4 is 4.18 Å². The van der Waals surface area contributed by atoms with E-state index in [9.17, 15) is 18.5 Å². The summed E-state index contributed by atoms with van der Waals surface area (Å²) in [5.41, 5.74) is -0.194. The molecular weight excluding hydrogens is 367 g/mol. The van der Waals surface area contributed by atoms with Crippen molar-refractivity contribution in [2.45, 2.75) is 4.90 Å². The van der Waals surface area contributed by atoms with Gasteiger partial charge in [-0.15, -0.1) is 0 Å². The van der Waals surface area contributed by atoms with Crippen molar-refractivity contribution in [2.24, 2.45) is 0 Å². The maximum Gasteiger partial charge on any atom is 0.339 e. The third-order valence-electron chi connectivity index (χ3n) is 2.68. The van der Waals surface area contributed by atoms with E-state index in [1.54, 1.807) is 6.07 Å². The fraction of sp³-hybridized carbons (Fsp3) is 0. The highest BCUT2D eigenvalue weighted by Crippen LogP contribution is 2.31. The lowest BCUT2D eigenvalue weighted by atomic mass is 10.2. The summed E-state index contributed by atoms with van der Waals surface area (Å²) in [4.78, 5) is 9.66. The van der Waals surface area contributed by atoms with E-state index in [-0.39, 0.29) is 31.9 Å². The van der Waals surface area contributed by atoms with Crippen molar-refractivity contribution in [1.82, 2.24) is 0 Å². The van der Waals surface area contributed by atoms with Crippen molar-refractivity contribution in [3.63, 3.8) is 0 Å². The van der Waals surface area contributed by atoms with E-state index in [1.807, 2.05) is 0 Å². The van der Waals surface area contributed by atoms with Crippen molar-refractivity contribution >= 4 is 39.0 Å². The van der Waals surface area contributed by atoms with Gasteiger partial charge in [-0.05, 0) is 24.3 Å². The summed E-state index contributed by atoms with van der Waals surface area (Å²) < 4.78 is 29.2. The number of hydrogen-bond donors (Lipinski definition) is 0. The van der Waals surface area contributed by atoms with Crippen molar-refractivity contribution in [3.05, 3.63) is 62.1 Å². The molecule has 2 aromatic rings. The lowest BCUT2D eigenvalue weighted by molar-refractivity contribution is -0.384. The number of nitrogens with zero attached hydrogens (tertiary/aromatic N) is 2. The van der Waals surface area contributed by atoms with Crippen LogP contribution in [-0.2, 0) is 10.1 Å². The van der Waals surface area contributed by atoms with Crippen LogP contribution in [-0.4, -0.2) is 13.3 Å². The van der Waals surface area contributed by atoms with E-state index in [0.29, 0.717) is 0 Å². The van der Waals surface area contributed by atoms with Gasteiger partial charge in [0.2, 0.25) is 0 Å². The Balaban J connectivity index is 2.37. The first-order valence-corrected chi connectivity index (χ1v) is 7.99. The molecule has 0 aliphatic carbocycles. The van der Waals surface area contributed by atoms with Gasteiger partial charge >= 0.3 is 10.1 Å². The van der Waals surface area contributed by atoms with Crippen LogP contribution in [0.25, 0.3) is 0 Å². The first-order chi connectivity index (χ1) is 10.7. The monoisotopic (exact) mass is 372 g/mol. The van der Waals surface area contributed by atoms with Crippen molar-refractivity contribution in [1.29, 1.82) is 5.26 Å². The predicted molar refractivity (Wildman–Crippen MR) is 82.1 cm³/mol. The van der Waals surface area contributed by atoms with Crippen LogP contribution in [0.4, 0.5) is 5.69 Å². The summed E-state index contributed by atoms with van der Waals surface area (Å²) in [7, 11) is -4.26. The third-order valence-corrected chi connectivity index (χ3v) is 4.51. The molecular formula is C13H6Cl2N2O5S. The summed E-state index contributed by atoms with van der Waals surface area (Å²) in [6.07, 6.45) is 0. The Labute approximate surface area is 140 Å². The molecule has 0 amide bonds. The molecule has 0 fully saturated rings. The molecule has 0 saturated heterocycles. The predicted octanol–water partition coefficient (Wildman–Crippen LogP) is 3.54. The Morgan fingerprint density at radius 2 is 1.83 bits per heavy atom. The average molecular weight is 373 g/mol. The molecule has 0 aromatic heterocycles. The van der Waals surface area contributed by atoms with Gasteiger partial charge in [0.1, 0.15) is 11.0 Å². The van der Waals surface area contributed by atoms with Crippen LogP contribution in [0, 0.1) is 21.4 Å². The number of rotatable bonds is 4. The molecule has 0 aliphatic heterocycles. The van der Waals surface area contributed by atoms with Gasteiger partial charge < -0.3 is 4.18 Å². The minimum absolute atomic E-state index is 0.0491. The average Bonchev–Trinajstić information content (AvgIpc) is 2.48. The van der Waals surface area contributed by atoms with Gasteiger partial charge in [0.05, 0.1) is 20.5 Å². The molecule has 10 heteroatoms. The zero-order chi connectivity index (χ0) is 17.2. The van der Waals surface area contributed by atoms with Gasteiger partial charge in [0, 0.05) is 12.1 Å². The first kappa shape index (κ1) is 17.0. The standard InChI is InChI=1S/C13H6Cl2N2O5S/c14-11-6-10(3-1-8(11)7-16)23(20,21)22-13-4-2-9(17(18)19)5-12(13)15/h1-6H. The first-order valence-electron chi connectivity index (χ1n) is 5.82. The molecule has 23 heavy (non-hydrogen) atoms. The van der Waals surface area contributed by atoms with E-state index in [2.05, 4.69) is 0 Å². The summed E-state index contributed by atoms with van der Waals surface area (Å²) in [5, 5.41) is 19.1. The van der Waals surface area contributed by atoms with E-state index >= 15 is 0 Å². The molecule has 0 spiro atoms. The van der Waals surface area contributed by atoms with Gasteiger partial charge in [0.15, 0.2) is 5.75 Å². The van der Waals surface area contributed by atoms with Crippen LogP contribution >= 0.6 is 23.2 Å². The normalized spacial score (nSPS) is 10.8. The molecule has 0 bridgehead atoms. The minimum atomic E-state index is -4.26.